The lowest BCUT2D eigenvalue weighted by molar-refractivity contribution is 1.24. The van der Waals surface area contributed by atoms with Crippen LogP contribution in [0.1, 0.15) is 11.1 Å². The van der Waals surface area contributed by atoms with Crippen LogP contribution in [0.25, 0.3) is 10.9 Å². The Morgan fingerprint density at radius 3 is 2.84 bits per heavy atom. The minimum absolute atomic E-state index is 0.719. The monoisotopic (exact) mass is 247 g/mol. The number of aromatic nitrogens is 2. The Morgan fingerprint density at radius 1 is 1.05 bits per heavy atom. The van der Waals surface area contributed by atoms with Crippen LogP contribution in [0, 0.1) is 6.92 Å². The zero-order valence-corrected chi connectivity index (χ0v) is 10.6. The van der Waals surface area contributed by atoms with Gasteiger partial charge < -0.3 is 0 Å². The zero-order chi connectivity index (χ0) is 13.1. The summed E-state index contributed by atoms with van der Waals surface area (Å²) in [5.41, 5.74) is 3.17. The number of aryl methyl sites for hydroxylation is 1. The van der Waals surface area contributed by atoms with Crippen LogP contribution < -0.4 is 0 Å². The molecule has 19 heavy (non-hydrogen) atoms. The van der Waals surface area contributed by atoms with Gasteiger partial charge in [0.1, 0.15) is 0 Å². The van der Waals surface area contributed by atoms with Gasteiger partial charge in [0.15, 0.2) is 5.82 Å². The van der Waals surface area contributed by atoms with Crippen molar-refractivity contribution in [2.24, 2.45) is 4.99 Å². The topological polar surface area (TPSA) is 38.1 Å². The third-order valence-corrected chi connectivity index (χ3v) is 2.87. The second-order valence-corrected chi connectivity index (χ2v) is 4.41. The molecule has 92 valence electrons. The number of nitrogens with zero attached hydrogens (tertiary/aromatic N) is 3. The van der Waals surface area contributed by atoms with Crippen LogP contribution in [-0.2, 0) is 0 Å². The number of hydrogen-bond acceptors (Lipinski definition) is 3. The minimum atomic E-state index is 0.719. The molecule has 0 aliphatic heterocycles. The largest absolute Gasteiger partial charge is 0.256 e. The van der Waals surface area contributed by atoms with Crippen LogP contribution in [-0.4, -0.2) is 16.2 Å². The Morgan fingerprint density at radius 2 is 2.00 bits per heavy atom. The lowest BCUT2D eigenvalue weighted by Gasteiger charge is -1.98. The van der Waals surface area contributed by atoms with Gasteiger partial charge in [-0.05, 0) is 42.3 Å². The fourth-order valence-corrected chi connectivity index (χ4v) is 1.85. The van der Waals surface area contributed by atoms with Gasteiger partial charge in [-0.2, -0.15) is 0 Å². The third kappa shape index (κ3) is 2.65. The highest BCUT2D eigenvalue weighted by Crippen LogP contribution is 2.13. The maximum atomic E-state index is 4.37. The summed E-state index contributed by atoms with van der Waals surface area (Å²) in [7, 11) is 0. The molecule has 0 saturated carbocycles. The van der Waals surface area contributed by atoms with Crippen molar-refractivity contribution < 1.29 is 0 Å². The van der Waals surface area contributed by atoms with Crippen molar-refractivity contribution in [3.63, 3.8) is 0 Å². The van der Waals surface area contributed by atoms with Crippen molar-refractivity contribution in [1.82, 2.24) is 9.97 Å². The van der Waals surface area contributed by atoms with E-state index in [2.05, 4.69) is 21.0 Å². The van der Waals surface area contributed by atoms with Crippen LogP contribution in [0.2, 0.25) is 0 Å². The highest BCUT2D eigenvalue weighted by molar-refractivity contribution is 5.89. The number of hydrogen-bond donors (Lipinski definition) is 0. The summed E-state index contributed by atoms with van der Waals surface area (Å²) >= 11 is 0. The maximum absolute atomic E-state index is 4.37. The smallest absolute Gasteiger partial charge is 0.151 e. The van der Waals surface area contributed by atoms with Crippen molar-refractivity contribution in [2.45, 2.75) is 6.92 Å². The molecule has 3 heteroatoms. The summed E-state index contributed by atoms with van der Waals surface area (Å²) in [6, 6.07) is 14.0. The Bertz CT molecular complexity index is 730. The molecule has 1 aromatic carbocycles. The molecule has 0 saturated heterocycles. The molecule has 0 aliphatic rings. The molecule has 3 rings (SSSR count). The second kappa shape index (κ2) is 4.98. The van der Waals surface area contributed by atoms with Crippen LogP contribution in [0.4, 0.5) is 5.82 Å². The van der Waals surface area contributed by atoms with Gasteiger partial charge in [0.2, 0.25) is 0 Å². The molecule has 3 nitrogen and oxygen atoms in total. The molecule has 0 aliphatic carbocycles. The van der Waals surface area contributed by atoms with Crippen molar-refractivity contribution in [1.29, 1.82) is 0 Å². The Balaban J connectivity index is 1.90. The standard InChI is InChI=1S/C16H13N3/c1-12-4-7-16(18-10-12)19-11-13-5-6-15-14(9-13)3-2-8-17-15/h2-11H,1H3. The SMILES string of the molecule is Cc1ccc(N=Cc2ccc3ncccc3c2)nc1. The van der Waals surface area contributed by atoms with E-state index in [9.17, 15) is 0 Å². The molecule has 0 fully saturated rings. The van der Waals surface area contributed by atoms with Crippen molar-refractivity contribution in [3.05, 3.63) is 66.0 Å². The highest BCUT2D eigenvalue weighted by atomic mass is 14.9. The first-order chi connectivity index (χ1) is 9.31. The predicted molar refractivity (Wildman–Crippen MR) is 78.0 cm³/mol. The quantitative estimate of drug-likeness (QED) is 0.648. The lowest BCUT2D eigenvalue weighted by atomic mass is 10.1. The van der Waals surface area contributed by atoms with Crippen molar-refractivity contribution in [3.8, 4) is 0 Å². The minimum Gasteiger partial charge on any atom is -0.256 e. The van der Waals surface area contributed by atoms with Gasteiger partial charge in [0.05, 0.1) is 5.52 Å². The predicted octanol–water partition coefficient (Wildman–Crippen LogP) is 3.69. The first-order valence-corrected chi connectivity index (χ1v) is 6.13. The number of fused-ring (bicyclic) bond motifs is 1. The normalized spacial score (nSPS) is 11.2. The van der Waals surface area contributed by atoms with Crippen molar-refractivity contribution >= 4 is 22.9 Å². The van der Waals surface area contributed by atoms with Crippen LogP contribution in [0.5, 0.6) is 0 Å². The molecule has 3 aromatic rings. The summed E-state index contributed by atoms with van der Waals surface area (Å²) in [5, 5.41) is 1.11. The fourth-order valence-electron chi connectivity index (χ4n) is 1.85. The first kappa shape index (κ1) is 11.5. The fraction of sp³-hybridized carbons (Fsp3) is 0.0625. The number of pyridine rings is 2. The molecule has 0 spiro atoms. The van der Waals surface area contributed by atoms with Gasteiger partial charge in [0, 0.05) is 24.0 Å². The highest BCUT2D eigenvalue weighted by Gasteiger charge is 1.95. The van der Waals surface area contributed by atoms with Crippen LogP contribution in [0.15, 0.2) is 59.9 Å². The Labute approximate surface area is 111 Å². The van der Waals surface area contributed by atoms with Gasteiger partial charge >= 0.3 is 0 Å². The number of benzene rings is 1. The number of rotatable bonds is 2. The molecule has 0 N–H and O–H groups in total. The molecule has 0 amide bonds. The molecule has 2 aromatic heterocycles. The van der Waals surface area contributed by atoms with E-state index in [1.807, 2.05) is 55.7 Å². The van der Waals surface area contributed by atoms with Crippen molar-refractivity contribution in [2.75, 3.05) is 0 Å². The third-order valence-electron chi connectivity index (χ3n) is 2.87. The van der Waals surface area contributed by atoms with Gasteiger partial charge in [-0.3, -0.25) is 4.98 Å². The van der Waals surface area contributed by atoms with Crippen LogP contribution >= 0.6 is 0 Å². The van der Waals surface area contributed by atoms with E-state index in [0.29, 0.717) is 0 Å². The molecular weight excluding hydrogens is 234 g/mol. The Hall–Kier alpha value is -2.55. The van der Waals surface area contributed by atoms with E-state index in [1.54, 1.807) is 6.20 Å². The number of aliphatic imine (C=N–C) groups is 1. The van der Waals surface area contributed by atoms with E-state index >= 15 is 0 Å². The molecule has 0 bridgehead atoms. The summed E-state index contributed by atoms with van der Waals surface area (Å²) in [4.78, 5) is 12.9. The van der Waals surface area contributed by atoms with Gasteiger partial charge in [0.25, 0.3) is 0 Å². The molecule has 0 unspecified atom stereocenters. The van der Waals surface area contributed by atoms with Gasteiger partial charge in [-0.25, -0.2) is 9.98 Å². The Kier molecular flexibility index (Phi) is 3.02. The second-order valence-electron chi connectivity index (χ2n) is 4.41. The van der Waals surface area contributed by atoms with Crippen LogP contribution in [0.3, 0.4) is 0 Å². The average Bonchev–Trinajstić information content (AvgIpc) is 2.46. The van der Waals surface area contributed by atoms with E-state index in [1.165, 1.54) is 0 Å². The average molecular weight is 247 g/mol. The summed E-state index contributed by atoms with van der Waals surface area (Å²) < 4.78 is 0. The van der Waals surface area contributed by atoms with E-state index in [-0.39, 0.29) is 0 Å². The molecular formula is C16H13N3. The zero-order valence-electron chi connectivity index (χ0n) is 10.6. The van der Waals surface area contributed by atoms with E-state index in [0.717, 1.165) is 27.8 Å². The van der Waals surface area contributed by atoms with Gasteiger partial charge in [-0.1, -0.05) is 18.2 Å². The summed E-state index contributed by atoms with van der Waals surface area (Å²) in [6.07, 6.45) is 5.44. The van der Waals surface area contributed by atoms with E-state index in [4.69, 9.17) is 0 Å². The van der Waals surface area contributed by atoms with E-state index < -0.39 is 0 Å². The summed E-state index contributed by atoms with van der Waals surface area (Å²) in [5.74, 6) is 0.719. The molecule has 2 heterocycles. The molecule has 0 radical (unpaired) electrons. The lowest BCUT2D eigenvalue weighted by Crippen LogP contribution is -1.84. The summed E-state index contributed by atoms with van der Waals surface area (Å²) in [6.45, 7) is 2.01. The molecule has 0 atom stereocenters. The first-order valence-electron chi connectivity index (χ1n) is 6.13. The maximum Gasteiger partial charge on any atom is 0.151 e. The van der Waals surface area contributed by atoms with Gasteiger partial charge in [-0.15, -0.1) is 0 Å².